The van der Waals surface area contributed by atoms with Gasteiger partial charge in [-0.1, -0.05) is 24.3 Å². The van der Waals surface area contributed by atoms with Crippen LogP contribution < -0.4 is 10.9 Å². The van der Waals surface area contributed by atoms with Crippen LogP contribution in [0, 0.1) is 6.92 Å². The van der Waals surface area contributed by atoms with E-state index >= 15 is 0 Å². The Morgan fingerprint density at radius 1 is 1.15 bits per heavy atom. The second-order valence-electron chi connectivity index (χ2n) is 7.26. The summed E-state index contributed by atoms with van der Waals surface area (Å²) in [5, 5.41) is 13.4. The van der Waals surface area contributed by atoms with Gasteiger partial charge in [0.25, 0.3) is 5.56 Å². The number of halogens is 3. The number of aliphatic carboxylic acids is 1. The Kier molecular flexibility index (Phi) is 7.95. The molecule has 3 heterocycles. The molecule has 12 heteroatoms. The Morgan fingerprint density at radius 3 is 2.33 bits per heavy atom. The summed E-state index contributed by atoms with van der Waals surface area (Å²) >= 11 is 1.55. The molecule has 0 spiro atoms. The van der Waals surface area contributed by atoms with Crippen LogP contribution in [0.4, 0.5) is 13.2 Å². The molecule has 0 unspecified atom stereocenters. The van der Waals surface area contributed by atoms with E-state index < -0.39 is 12.1 Å². The highest BCUT2D eigenvalue weighted by molar-refractivity contribution is 7.09. The minimum atomic E-state index is -5.08. The normalized spacial score (nSPS) is 14.4. The maximum absolute atomic E-state index is 12.1. The van der Waals surface area contributed by atoms with Crippen molar-refractivity contribution in [1.29, 1.82) is 0 Å². The van der Waals surface area contributed by atoms with Crippen molar-refractivity contribution in [3.8, 4) is 22.8 Å². The summed E-state index contributed by atoms with van der Waals surface area (Å²) in [5.74, 6) is -2.18. The number of hydrogen-bond donors (Lipinski definition) is 3. The zero-order valence-corrected chi connectivity index (χ0v) is 18.5. The Bertz CT molecular complexity index is 1140. The van der Waals surface area contributed by atoms with Crippen molar-refractivity contribution >= 4 is 17.3 Å². The SMILES string of the molecule is Cc1nc(-c2cc(=O)[nH]c(-c3ccc(CN4CCNCC4)cc3)n2)cs1.O=C(O)C(F)(F)F. The number of rotatable bonds is 4. The van der Waals surface area contributed by atoms with Gasteiger partial charge in [0.2, 0.25) is 0 Å². The first kappa shape index (κ1) is 24.6. The van der Waals surface area contributed by atoms with Crippen LogP contribution in [0.2, 0.25) is 0 Å². The molecule has 1 saturated heterocycles. The quantitative estimate of drug-likeness (QED) is 0.526. The molecule has 0 amide bonds. The fourth-order valence-corrected chi connectivity index (χ4v) is 3.71. The van der Waals surface area contributed by atoms with E-state index in [1.54, 1.807) is 11.3 Å². The standard InChI is InChI=1S/C19H21N5OS.C2HF3O2/c1-13-21-17(12-26-13)16-10-18(25)23-19(22-16)15-4-2-14(3-5-15)11-24-8-6-20-7-9-24;3-2(4,5)1(6)7/h2-5,10,12,20H,6-9,11H2,1H3,(H,22,23,25);(H,6,7). The highest BCUT2D eigenvalue weighted by Gasteiger charge is 2.38. The van der Waals surface area contributed by atoms with E-state index in [1.165, 1.54) is 11.6 Å². The average Bonchev–Trinajstić information content (AvgIpc) is 3.21. The third kappa shape index (κ3) is 7.20. The molecular formula is C21H22F3N5O3S. The highest BCUT2D eigenvalue weighted by atomic mass is 32.1. The summed E-state index contributed by atoms with van der Waals surface area (Å²) < 4.78 is 31.7. The highest BCUT2D eigenvalue weighted by Crippen LogP contribution is 2.22. The van der Waals surface area contributed by atoms with Crippen LogP contribution in [0.15, 0.2) is 40.5 Å². The number of aryl methyl sites for hydroxylation is 1. The number of benzene rings is 1. The molecule has 3 N–H and O–H groups in total. The largest absolute Gasteiger partial charge is 0.490 e. The lowest BCUT2D eigenvalue weighted by Gasteiger charge is -2.27. The van der Waals surface area contributed by atoms with Gasteiger partial charge in [-0.2, -0.15) is 13.2 Å². The van der Waals surface area contributed by atoms with Crippen molar-refractivity contribution in [1.82, 2.24) is 25.2 Å². The van der Waals surface area contributed by atoms with Crippen molar-refractivity contribution in [2.45, 2.75) is 19.6 Å². The Hall–Kier alpha value is -3.09. The Balaban J connectivity index is 0.000000383. The minimum absolute atomic E-state index is 0.166. The van der Waals surface area contributed by atoms with E-state index in [2.05, 4.69) is 37.3 Å². The maximum Gasteiger partial charge on any atom is 0.490 e. The van der Waals surface area contributed by atoms with Crippen LogP contribution in [-0.4, -0.2) is 63.3 Å². The maximum atomic E-state index is 12.1. The molecule has 0 saturated carbocycles. The number of hydrogen-bond acceptors (Lipinski definition) is 7. The van der Waals surface area contributed by atoms with Gasteiger partial charge in [-0.3, -0.25) is 9.69 Å². The molecule has 2 aromatic heterocycles. The molecule has 1 aromatic carbocycles. The minimum Gasteiger partial charge on any atom is -0.475 e. The topological polar surface area (TPSA) is 111 Å². The number of aromatic nitrogens is 3. The van der Waals surface area contributed by atoms with Gasteiger partial charge >= 0.3 is 12.1 Å². The second-order valence-corrected chi connectivity index (χ2v) is 8.32. The molecule has 3 aromatic rings. The van der Waals surface area contributed by atoms with Crippen molar-refractivity contribution < 1.29 is 23.1 Å². The van der Waals surface area contributed by atoms with E-state index in [4.69, 9.17) is 9.90 Å². The average molecular weight is 482 g/mol. The molecule has 0 bridgehead atoms. The summed E-state index contributed by atoms with van der Waals surface area (Å²) in [5.41, 5.74) is 3.36. The number of carbonyl (C=O) groups is 1. The van der Waals surface area contributed by atoms with Crippen LogP contribution in [0.5, 0.6) is 0 Å². The summed E-state index contributed by atoms with van der Waals surface area (Å²) in [6.07, 6.45) is -5.08. The van der Waals surface area contributed by atoms with Gasteiger partial charge < -0.3 is 15.4 Å². The van der Waals surface area contributed by atoms with Gasteiger partial charge in [0.1, 0.15) is 11.5 Å². The number of carboxylic acids is 1. The van der Waals surface area contributed by atoms with Gasteiger partial charge in [-0.15, -0.1) is 11.3 Å². The molecule has 1 aliphatic rings. The third-order valence-electron chi connectivity index (χ3n) is 4.71. The number of piperazine rings is 1. The summed E-state index contributed by atoms with van der Waals surface area (Å²) in [4.78, 5) is 35.3. The van der Waals surface area contributed by atoms with Crippen LogP contribution in [0.3, 0.4) is 0 Å². The van der Waals surface area contributed by atoms with E-state index in [0.717, 1.165) is 49.0 Å². The lowest BCUT2D eigenvalue weighted by Crippen LogP contribution is -2.42. The molecule has 0 radical (unpaired) electrons. The summed E-state index contributed by atoms with van der Waals surface area (Å²) in [7, 11) is 0. The zero-order valence-electron chi connectivity index (χ0n) is 17.6. The molecule has 8 nitrogen and oxygen atoms in total. The number of carboxylic acid groups (broad SMARTS) is 1. The molecule has 4 rings (SSSR count). The van der Waals surface area contributed by atoms with Crippen LogP contribution in [0.1, 0.15) is 10.6 Å². The molecule has 0 atom stereocenters. The van der Waals surface area contributed by atoms with Crippen molar-refractivity contribution in [3.63, 3.8) is 0 Å². The van der Waals surface area contributed by atoms with Gasteiger partial charge in [0, 0.05) is 49.7 Å². The van der Waals surface area contributed by atoms with Gasteiger partial charge in [-0.05, 0) is 12.5 Å². The molecule has 33 heavy (non-hydrogen) atoms. The fraction of sp³-hybridized carbons (Fsp3) is 0.333. The van der Waals surface area contributed by atoms with Crippen LogP contribution >= 0.6 is 11.3 Å². The fourth-order valence-electron chi connectivity index (χ4n) is 3.10. The van der Waals surface area contributed by atoms with Crippen molar-refractivity contribution in [2.75, 3.05) is 26.2 Å². The molecule has 1 fully saturated rings. The summed E-state index contributed by atoms with van der Waals surface area (Å²) in [6.45, 7) is 7.14. The van der Waals surface area contributed by atoms with Gasteiger partial charge in [-0.25, -0.2) is 14.8 Å². The first-order valence-corrected chi connectivity index (χ1v) is 10.9. The van der Waals surface area contributed by atoms with E-state index in [1.807, 2.05) is 24.4 Å². The van der Waals surface area contributed by atoms with Crippen molar-refractivity contribution in [3.05, 3.63) is 56.6 Å². The van der Waals surface area contributed by atoms with Crippen molar-refractivity contribution in [2.24, 2.45) is 0 Å². The Labute approximate surface area is 191 Å². The molecular weight excluding hydrogens is 459 g/mol. The van der Waals surface area contributed by atoms with Crippen LogP contribution in [0.25, 0.3) is 22.8 Å². The number of nitrogens with one attached hydrogen (secondary N) is 2. The smallest absolute Gasteiger partial charge is 0.475 e. The molecule has 176 valence electrons. The lowest BCUT2D eigenvalue weighted by atomic mass is 10.1. The first-order valence-electron chi connectivity index (χ1n) is 9.98. The Morgan fingerprint density at radius 2 is 1.79 bits per heavy atom. The van der Waals surface area contributed by atoms with Gasteiger partial charge in [0.05, 0.1) is 10.7 Å². The lowest BCUT2D eigenvalue weighted by molar-refractivity contribution is -0.192. The zero-order chi connectivity index (χ0) is 24.0. The first-order chi connectivity index (χ1) is 15.6. The predicted molar refractivity (Wildman–Crippen MR) is 118 cm³/mol. The summed E-state index contributed by atoms with van der Waals surface area (Å²) in [6, 6.07) is 9.75. The number of thiazole rings is 1. The molecule has 0 aliphatic carbocycles. The number of H-pyrrole nitrogens is 1. The number of alkyl halides is 3. The molecule has 1 aliphatic heterocycles. The van der Waals surface area contributed by atoms with Gasteiger partial charge in [0.15, 0.2) is 0 Å². The van der Waals surface area contributed by atoms with E-state index in [9.17, 15) is 18.0 Å². The number of nitrogens with zero attached hydrogens (tertiary/aromatic N) is 3. The predicted octanol–water partition coefficient (Wildman–Crippen LogP) is 2.91. The third-order valence-corrected chi connectivity index (χ3v) is 5.48. The monoisotopic (exact) mass is 481 g/mol. The van der Waals surface area contributed by atoms with E-state index in [0.29, 0.717) is 11.5 Å². The van der Waals surface area contributed by atoms with E-state index in [-0.39, 0.29) is 5.56 Å². The second kappa shape index (κ2) is 10.7. The number of aromatic amines is 1. The van der Waals surface area contributed by atoms with Crippen LogP contribution in [-0.2, 0) is 11.3 Å².